The predicted molar refractivity (Wildman–Crippen MR) is 59.4 cm³/mol. The lowest BCUT2D eigenvalue weighted by atomic mass is 10.1. The van der Waals surface area contributed by atoms with Gasteiger partial charge in [0.15, 0.2) is 0 Å². The fraction of sp³-hybridized carbons (Fsp3) is 0.818. The first kappa shape index (κ1) is 10.6. The molecule has 0 aromatic heterocycles. The highest BCUT2D eigenvalue weighted by Crippen LogP contribution is 2.24. The topological polar surface area (TPSA) is 58.7 Å². The van der Waals surface area contributed by atoms with Gasteiger partial charge in [0.1, 0.15) is 0 Å². The van der Waals surface area contributed by atoms with Crippen molar-refractivity contribution in [3.8, 4) is 0 Å². The summed E-state index contributed by atoms with van der Waals surface area (Å²) in [5, 5.41) is 6.03. The summed E-state index contributed by atoms with van der Waals surface area (Å²) in [4.78, 5) is 11.7. The van der Waals surface area contributed by atoms with E-state index in [2.05, 4.69) is 5.10 Å². The maximum Gasteiger partial charge on any atom is 0.248 e. The van der Waals surface area contributed by atoms with E-state index in [9.17, 15) is 4.79 Å². The van der Waals surface area contributed by atoms with Crippen LogP contribution in [0.25, 0.3) is 0 Å². The lowest BCUT2D eigenvalue weighted by Gasteiger charge is -2.22. The summed E-state index contributed by atoms with van der Waals surface area (Å²) in [6.45, 7) is 0.412. The molecule has 1 aliphatic carbocycles. The molecule has 0 atom stereocenters. The number of amides is 1. The number of rotatable bonds is 2. The summed E-state index contributed by atoms with van der Waals surface area (Å²) in [7, 11) is 0. The molecule has 2 aliphatic rings. The van der Waals surface area contributed by atoms with Crippen LogP contribution in [-0.2, 0) is 4.79 Å². The summed E-state index contributed by atoms with van der Waals surface area (Å²) in [5.74, 6) is 0.141. The molecule has 15 heavy (non-hydrogen) atoms. The van der Waals surface area contributed by atoms with Gasteiger partial charge in [-0.2, -0.15) is 5.10 Å². The van der Waals surface area contributed by atoms with Crippen LogP contribution in [0.4, 0.5) is 0 Å². The van der Waals surface area contributed by atoms with Crippen LogP contribution in [-0.4, -0.2) is 29.2 Å². The molecule has 2 rings (SSSR count). The van der Waals surface area contributed by atoms with Crippen molar-refractivity contribution in [3.63, 3.8) is 0 Å². The molecule has 2 N–H and O–H groups in total. The molecule has 1 amide bonds. The van der Waals surface area contributed by atoms with Gasteiger partial charge >= 0.3 is 0 Å². The van der Waals surface area contributed by atoms with Gasteiger partial charge in [-0.1, -0.05) is 25.7 Å². The molecule has 0 aromatic rings. The Bertz CT molecular complexity index is 267. The highest BCUT2D eigenvalue weighted by molar-refractivity contribution is 6.05. The molecule has 0 bridgehead atoms. The minimum atomic E-state index is 0.141. The number of hydrazone groups is 1. The lowest BCUT2D eigenvalue weighted by Crippen LogP contribution is -2.32. The second-order valence-electron chi connectivity index (χ2n) is 4.43. The molecular formula is C11H19N3O. The Morgan fingerprint density at radius 2 is 1.93 bits per heavy atom. The third-order valence-electron chi connectivity index (χ3n) is 3.27. The number of hydrogen-bond acceptors (Lipinski definition) is 3. The van der Waals surface area contributed by atoms with E-state index < -0.39 is 0 Å². The second-order valence-corrected chi connectivity index (χ2v) is 4.43. The van der Waals surface area contributed by atoms with Crippen LogP contribution in [0.3, 0.4) is 0 Å². The van der Waals surface area contributed by atoms with Crippen LogP contribution in [0.5, 0.6) is 0 Å². The summed E-state index contributed by atoms with van der Waals surface area (Å²) < 4.78 is 0. The Morgan fingerprint density at radius 1 is 1.27 bits per heavy atom. The monoisotopic (exact) mass is 209 g/mol. The van der Waals surface area contributed by atoms with Crippen LogP contribution in [0.1, 0.15) is 44.9 Å². The molecule has 4 heteroatoms. The minimum absolute atomic E-state index is 0.141. The van der Waals surface area contributed by atoms with Crippen molar-refractivity contribution in [1.82, 2.24) is 5.01 Å². The van der Waals surface area contributed by atoms with Crippen LogP contribution in [0.2, 0.25) is 0 Å². The maximum atomic E-state index is 11.7. The molecule has 84 valence electrons. The zero-order valence-corrected chi connectivity index (χ0v) is 9.11. The van der Waals surface area contributed by atoms with Crippen molar-refractivity contribution >= 4 is 11.6 Å². The van der Waals surface area contributed by atoms with Gasteiger partial charge in [0.05, 0.1) is 18.2 Å². The van der Waals surface area contributed by atoms with Gasteiger partial charge in [-0.3, -0.25) is 4.79 Å². The van der Waals surface area contributed by atoms with Crippen molar-refractivity contribution < 1.29 is 4.79 Å². The molecule has 0 aromatic carbocycles. The first-order chi connectivity index (χ1) is 7.31. The van der Waals surface area contributed by atoms with E-state index in [0.29, 0.717) is 19.0 Å². The molecule has 0 spiro atoms. The van der Waals surface area contributed by atoms with E-state index in [0.717, 1.165) is 18.6 Å². The molecule has 0 radical (unpaired) electrons. The number of nitrogens with two attached hydrogens (primary N) is 1. The van der Waals surface area contributed by atoms with Gasteiger partial charge in [0, 0.05) is 6.54 Å². The van der Waals surface area contributed by atoms with Gasteiger partial charge < -0.3 is 5.73 Å². The summed E-state index contributed by atoms with van der Waals surface area (Å²) in [6.07, 6.45) is 7.69. The predicted octanol–water partition coefficient (Wildman–Crippen LogP) is 1.26. The number of nitrogens with zero attached hydrogens (tertiary/aromatic N) is 2. The fourth-order valence-corrected chi connectivity index (χ4v) is 2.40. The normalized spacial score (nSPS) is 24.2. The third kappa shape index (κ3) is 2.37. The van der Waals surface area contributed by atoms with Crippen molar-refractivity contribution in [2.75, 3.05) is 6.54 Å². The highest BCUT2D eigenvalue weighted by atomic mass is 16.2. The van der Waals surface area contributed by atoms with Crippen molar-refractivity contribution in [2.45, 2.75) is 51.0 Å². The Balaban J connectivity index is 2.02. The zero-order chi connectivity index (χ0) is 10.7. The molecule has 1 heterocycles. The maximum absolute atomic E-state index is 11.7. The van der Waals surface area contributed by atoms with E-state index in [1.807, 2.05) is 0 Å². The molecular weight excluding hydrogens is 190 g/mol. The fourth-order valence-electron chi connectivity index (χ4n) is 2.40. The molecule has 0 saturated heterocycles. The first-order valence-corrected chi connectivity index (χ1v) is 5.89. The number of carbonyl (C=O) groups excluding carboxylic acids is 1. The second kappa shape index (κ2) is 4.75. The average Bonchev–Trinajstić information content (AvgIpc) is 2.48. The number of carbonyl (C=O) groups is 1. The molecule has 1 aliphatic heterocycles. The van der Waals surface area contributed by atoms with Gasteiger partial charge in [-0.05, 0) is 12.8 Å². The Labute approximate surface area is 90.5 Å². The Morgan fingerprint density at radius 3 is 2.47 bits per heavy atom. The van der Waals surface area contributed by atoms with Gasteiger partial charge in [0.2, 0.25) is 5.91 Å². The van der Waals surface area contributed by atoms with Crippen LogP contribution in [0, 0.1) is 0 Å². The first-order valence-electron chi connectivity index (χ1n) is 5.89. The van der Waals surface area contributed by atoms with E-state index in [-0.39, 0.29) is 5.91 Å². The summed E-state index contributed by atoms with van der Waals surface area (Å²) >= 11 is 0. The quantitative estimate of drug-likeness (QED) is 0.696. The van der Waals surface area contributed by atoms with E-state index in [1.165, 1.54) is 25.7 Å². The molecule has 0 unspecified atom stereocenters. The standard InChI is InChI=1S/C11H19N3O/c12-8-9-7-11(15)14(13-9)10-5-3-1-2-4-6-10/h10H,1-8,12H2. The summed E-state index contributed by atoms with van der Waals surface area (Å²) in [6, 6.07) is 0.337. The minimum Gasteiger partial charge on any atom is -0.325 e. The average molecular weight is 209 g/mol. The molecule has 1 fully saturated rings. The van der Waals surface area contributed by atoms with Gasteiger partial charge in [-0.25, -0.2) is 5.01 Å². The van der Waals surface area contributed by atoms with E-state index >= 15 is 0 Å². The highest BCUT2D eigenvalue weighted by Gasteiger charge is 2.29. The SMILES string of the molecule is NCC1=NN(C2CCCCCC2)C(=O)C1. The van der Waals surface area contributed by atoms with Gasteiger partial charge in [0.25, 0.3) is 0 Å². The molecule has 4 nitrogen and oxygen atoms in total. The zero-order valence-electron chi connectivity index (χ0n) is 9.11. The largest absolute Gasteiger partial charge is 0.325 e. The van der Waals surface area contributed by atoms with Crippen LogP contribution >= 0.6 is 0 Å². The van der Waals surface area contributed by atoms with Crippen molar-refractivity contribution in [3.05, 3.63) is 0 Å². The Hall–Kier alpha value is -0.900. The van der Waals surface area contributed by atoms with E-state index in [4.69, 9.17) is 5.73 Å². The van der Waals surface area contributed by atoms with Crippen molar-refractivity contribution in [2.24, 2.45) is 10.8 Å². The van der Waals surface area contributed by atoms with Crippen molar-refractivity contribution in [1.29, 1.82) is 0 Å². The van der Waals surface area contributed by atoms with Crippen LogP contribution in [0.15, 0.2) is 5.10 Å². The Kier molecular flexibility index (Phi) is 3.36. The van der Waals surface area contributed by atoms with Crippen LogP contribution < -0.4 is 5.73 Å². The molecule has 1 saturated carbocycles. The summed E-state index contributed by atoms with van der Waals surface area (Å²) in [5.41, 5.74) is 6.35. The smallest absolute Gasteiger partial charge is 0.248 e. The van der Waals surface area contributed by atoms with Gasteiger partial charge in [-0.15, -0.1) is 0 Å². The third-order valence-corrected chi connectivity index (χ3v) is 3.27. The lowest BCUT2D eigenvalue weighted by molar-refractivity contribution is -0.131. The number of hydrogen-bond donors (Lipinski definition) is 1. The van der Waals surface area contributed by atoms with E-state index in [1.54, 1.807) is 5.01 Å².